The minimum Gasteiger partial charge on any atom is -0.508 e. The van der Waals surface area contributed by atoms with Crippen molar-refractivity contribution in [1.29, 1.82) is 0 Å². The molecule has 0 radical (unpaired) electrons. The van der Waals surface area contributed by atoms with Gasteiger partial charge >= 0.3 is 0 Å². The predicted octanol–water partition coefficient (Wildman–Crippen LogP) is 3.49. The fourth-order valence-electron chi connectivity index (χ4n) is 3.72. The lowest BCUT2D eigenvalue weighted by molar-refractivity contribution is 0.164. The van der Waals surface area contributed by atoms with Crippen molar-refractivity contribution in [2.75, 3.05) is 6.61 Å². The summed E-state index contributed by atoms with van der Waals surface area (Å²) in [5, 5.41) is 19.6. The Morgan fingerprint density at radius 1 is 1.00 bits per heavy atom. The van der Waals surface area contributed by atoms with Crippen molar-refractivity contribution >= 4 is 0 Å². The third-order valence-corrected chi connectivity index (χ3v) is 5.16. The van der Waals surface area contributed by atoms with Crippen LogP contribution in [0.2, 0.25) is 0 Å². The van der Waals surface area contributed by atoms with E-state index in [1.54, 1.807) is 6.07 Å². The molecule has 1 atom stereocenters. The fraction of sp³-hybridized carbons (Fsp3) is 0.625. The Hall–Kier alpha value is -1.02. The molecular formula is C16H24O2. The van der Waals surface area contributed by atoms with E-state index >= 15 is 0 Å². The van der Waals surface area contributed by atoms with Crippen molar-refractivity contribution in [1.82, 2.24) is 0 Å². The monoisotopic (exact) mass is 248 g/mol. The van der Waals surface area contributed by atoms with Gasteiger partial charge in [-0.2, -0.15) is 0 Å². The Kier molecular flexibility index (Phi) is 3.41. The minimum absolute atomic E-state index is 0.167. The van der Waals surface area contributed by atoms with E-state index in [0.717, 1.165) is 31.2 Å². The summed E-state index contributed by atoms with van der Waals surface area (Å²) < 4.78 is 0. The molecule has 2 rings (SSSR count). The standard InChI is InChI=1S/C16H24O2/c1-4-15(5-2)10-16(6-3,11-17)14-9-12(18)7-8-13(14)15/h7-9,17-18H,4-6,10-11H2,1-3H3. The van der Waals surface area contributed by atoms with E-state index in [-0.39, 0.29) is 17.4 Å². The lowest BCUT2D eigenvalue weighted by Gasteiger charge is -2.32. The van der Waals surface area contributed by atoms with E-state index < -0.39 is 0 Å². The first-order chi connectivity index (χ1) is 8.57. The van der Waals surface area contributed by atoms with Crippen molar-refractivity contribution in [2.45, 2.75) is 57.3 Å². The van der Waals surface area contributed by atoms with Crippen LogP contribution in [0.1, 0.15) is 57.6 Å². The first kappa shape index (κ1) is 13.4. The van der Waals surface area contributed by atoms with E-state index in [0.29, 0.717) is 5.75 Å². The van der Waals surface area contributed by atoms with E-state index in [1.807, 2.05) is 6.07 Å². The van der Waals surface area contributed by atoms with Gasteiger partial charge in [-0.05, 0) is 54.4 Å². The molecule has 2 N–H and O–H groups in total. The SMILES string of the molecule is CCC1(CC)CC(CC)(CO)c2cc(O)ccc21. The summed E-state index contributed by atoms with van der Waals surface area (Å²) in [7, 11) is 0. The zero-order valence-electron chi connectivity index (χ0n) is 11.7. The number of hydrogen-bond donors (Lipinski definition) is 2. The number of rotatable bonds is 4. The van der Waals surface area contributed by atoms with Gasteiger partial charge in [0.15, 0.2) is 0 Å². The molecule has 0 saturated carbocycles. The van der Waals surface area contributed by atoms with Gasteiger partial charge in [-0.15, -0.1) is 0 Å². The number of aliphatic hydroxyl groups is 1. The van der Waals surface area contributed by atoms with Gasteiger partial charge in [0.1, 0.15) is 5.75 Å². The second kappa shape index (κ2) is 4.58. The number of benzene rings is 1. The second-order valence-electron chi connectivity index (χ2n) is 5.69. The first-order valence-corrected chi connectivity index (χ1v) is 7.02. The maximum absolute atomic E-state index is 9.90. The number of fused-ring (bicyclic) bond motifs is 1. The van der Waals surface area contributed by atoms with E-state index in [2.05, 4.69) is 26.8 Å². The highest BCUT2D eigenvalue weighted by atomic mass is 16.3. The third kappa shape index (κ3) is 1.66. The summed E-state index contributed by atoms with van der Waals surface area (Å²) in [4.78, 5) is 0. The van der Waals surface area contributed by atoms with Gasteiger partial charge in [0.25, 0.3) is 0 Å². The molecule has 0 bridgehead atoms. The lowest BCUT2D eigenvalue weighted by Crippen LogP contribution is -2.31. The maximum Gasteiger partial charge on any atom is 0.115 e. The van der Waals surface area contributed by atoms with Crippen LogP contribution < -0.4 is 0 Å². The molecule has 100 valence electrons. The Balaban J connectivity index is 2.65. The average Bonchev–Trinajstić information content (AvgIpc) is 2.69. The Morgan fingerprint density at radius 2 is 1.61 bits per heavy atom. The van der Waals surface area contributed by atoms with E-state index in [1.165, 1.54) is 5.56 Å². The summed E-state index contributed by atoms with van der Waals surface area (Å²) in [6.07, 6.45) is 4.09. The number of hydrogen-bond acceptors (Lipinski definition) is 2. The van der Waals surface area contributed by atoms with E-state index in [4.69, 9.17) is 0 Å². The largest absolute Gasteiger partial charge is 0.508 e. The summed E-state index contributed by atoms with van der Waals surface area (Å²) in [6, 6.07) is 5.70. The quantitative estimate of drug-likeness (QED) is 0.856. The normalized spacial score (nSPS) is 25.1. The molecule has 1 aliphatic rings. The molecule has 0 aliphatic heterocycles. The highest BCUT2D eigenvalue weighted by molar-refractivity contribution is 5.49. The Morgan fingerprint density at radius 3 is 2.11 bits per heavy atom. The molecule has 1 aromatic rings. The highest BCUT2D eigenvalue weighted by Crippen LogP contribution is 2.55. The molecule has 1 aliphatic carbocycles. The lowest BCUT2D eigenvalue weighted by atomic mass is 9.73. The van der Waals surface area contributed by atoms with Crippen LogP contribution in [0, 0.1) is 0 Å². The zero-order chi connectivity index (χ0) is 13.4. The Bertz CT molecular complexity index is 429. The van der Waals surface area contributed by atoms with E-state index in [9.17, 15) is 10.2 Å². The van der Waals surface area contributed by atoms with Crippen LogP contribution >= 0.6 is 0 Å². The maximum atomic E-state index is 9.90. The van der Waals surface area contributed by atoms with Crippen LogP contribution in [0.25, 0.3) is 0 Å². The molecule has 1 unspecified atom stereocenters. The highest BCUT2D eigenvalue weighted by Gasteiger charge is 2.49. The molecule has 0 heterocycles. The van der Waals surface area contributed by atoms with Gasteiger partial charge in [0, 0.05) is 5.41 Å². The molecule has 18 heavy (non-hydrogen) atoms. The smallest absolute Gasteiger partial charge is 0.115 e. The van der Waals surface area contributed by atoms with Gasteiger partial charge < -0.3 is 10.2 Å². The summed E-state index contributed by atoms with van der Waals surface area (Å²) >= 11 is 0. The fourth-order valence-corrected chi connectivity index (χ4v) is 3.72. The molecule has 0 spiro atoms. The first-order valence-electron chi connectivity index (χ1n) is 7.02. The summed E-state index contributed by atoms with van der Waals surface area (Å²) in [6.45, 7) is 6.75. The topological polar surface area (TPSA) is 40.5 Å². The molecule has 2 nitrogen and oxygen atoms in total. The number of aromatic hydroxyl groups is 1. The van der Waals surface area contributed by atoms with Crippen molar-refractivity contribution in [2.24, 2.45) is 0 Å². The van der Waals surface area contributed by atoms with Crippen molar-refractivity contribution in [3.63, 3.8) is 0 Å². The van der Waals surface area contributed by atoms with Crippen LogP contribution in [0.3, 0.4) is 0 Å². The van der Waals surface area contributed by atoms with Crippen LogP contribution in [0.15, 0.2) is 18.2 Å². The van der Waals surface area contributed by atoms with Crippen LogP contribution in [-0.4, -0.2) is 16.8 Å². The second-order valence-corrected chi connectivity index (χ2v) is 5.69. The Labute approximate surface area is 110 Å². The summed E-state index contributed by atoms with van der Waals surface area (Å²) in [5.74, 6) is 0.308. The van der Waals surface area contributed by atoms with Crippen LogP contribution in [0.5, 0.6) is 5.75 Å². The van der Waals surface area contributed by atoms with Gasteiger partial charge in [-0.25, -0.2) is 0 Å². The van der Waals surface area contributed by atoms with Crippen molar-refractivity contribution in [3.05, 3.63) is 29.3 Å². The molecule has 0 saturated heterocycles. The molecule has 2 heteroatoms. The van der Waals surface area contributed by atoms with Crippen LogP contribution in [-0.2, 0) is 10.8 Å². The molecule has 0 amide bonds. The third-order valence-electron chi connectivity index (χ3n) is 5.16. The minimum atomic E-state index is -0.167. The molecule has 1 aromatic carbocycles. The molecule has 0 aromatic heterocycles. The van der Waals surface area contributed by atoms with Crippen molar-refractivity contribution in [3.8, 4) is 5.75 Å². The van der Waals surface area contributed by atoms with Crippen LogP contribution in [0.4, 0.5) is 0 Å². The summed E-state index contributed by atoms with van der Waals surface area (Å²) in [5.41, 5.74) is 2.50. The predicted molar refractivity (Wildman–Crippen MR) is 74.0 cm³/mol. The average molecular weight is 248 g/mol. The van der Waals surface area contributed by atoms with Gasteiger partial charge in [-0.1, -0.05) is 26.8 Å². The van der Waals surface area contributed by atoms with Gasteiger partial charge in [0.2, 0.25) is 0 Å². The number of aliphatic hydroxyl groups excluding tert-OH is 1. The number of phenols is 1. The van der Waals surface area contributed by atoms with Gasteiger partial charge in [0.05, 0.1) is 6.61 Å². The van der Waals surface area contributed by atoms with Crippen molar-refractivity contribution < 1.29 is 10.2 Å². The van der Waals surface area contributed by atoms with Gasteiger partial charge in [-0.3, -0.25) is 0 Å². The zero-order valence-corrected chi connectivity index (χ0v) is 11.7. The molecule has 0 fully saturated rings. The number of phenolic OH excluding ortho intramolecular Hbond substituents is 1. The molecular weight excluding hydrogens is 224 g/mol.